The number of nitrogens with two attached hydrogens (primary N) is 1. The van der Waals surface area contributed by atoms with Gasteiger partial charge in [-0.25, -0.2) is 22.3 Å². The van der Waals surface area contributed by atoms with Crippen molar-refractivity contribution in [2.75, 3.05) is 26.0 Å². The zero-order valence-corrected chi connectivity index (χ0v) is 16.7. The molecule has 0 atom stereocenters. The summed E-state index contributed by atoms with van der Waals surface area (Å²) in [5, 5.41) is 8.99. The highest BCUT2D eigenvalue weighted by Gasteiger charge is 2.30. The summed E-state index contributed by atoms with van der Waals surface area (Å²) in [7, 11) is -0.478. The monoisotopic (exact) mass is 412 g/mol. The Labute approximate surface area is 161 Å². The molecule has 0 fully saturated rings. The number of nitrogens with one attached hydrogen (secondary N) is 1. The SMILES string of the molecule is CNc1nn2c(CC[NH2+]C)cc(C)nc2c1S(=O)(=O)c1ccc(F)c(Cl)c1. The van der Waals surface area contributed by atoms with Crippen molar-refractivity contribution in [2.45, 2.75) is 23.1 Å². The number of quaternary nitrogens is 1. The second-order valence-electron chi connectivity index (χ2n) is 6.08. The van der Waals surface area contributed by atoms with Gasteiger partial charge in [-0.3, -0.25) is 0 Å². The molecular formula is C17H20ClFN5O2S+. The van der Waals surface area contributed by atoms with Crippen LogP contribution in [0.25, 0.3) is 5.65 Å². The van der Waals surface area contributed by atoms with Crippen LogP contribution in [-0.4, -0.2) is 43.7 Å². The van der Waals surface area contributed by atoms with E-state index in [1.165, 1.54) is 6.07 Å². The molecule has 0 unspecified atom stereocenters. The van der Waals surface area contributed by atoms with Crippen LogP contribution in [0.1, 0.15) is 11.4 Å². The molecule has 3 rings (SSSR count). The summed E-state index contributed by atoms with van der Waals surface area (Å²) >= 11 is 5.79. The van der Waals surface area contributed by atoms with Crippen molar-refractivity contribution in [3.05, 3.63) is 46.5 Å². The van der Waals surface area contributed by atoms with Crippen LogP contribution in [-0.2, 0) is 16.3 Å². The highest BCUT2D eigenvalue weighted by atomic mass is 35.5. The van der Waals surface area contributed by atoms with Gasteiger partial charge in [0.25, 0.3) is 0 Å². The molecule has 3 aromatic rings. The zero-order chi connectivity index (χ0) is 19.8. The maximum absolute atomic E-state index is 13.5. The Hall–Kier alpha value is -2.23. The Morgan fingerprint density at radius 1 is 1.33 bits per heavy atom. The van der Waals surface area contributed by atoms with Crippen LogP contribution in [0.2, 0.25) is 5.02 Å². The van der Waals surface area contributed by atoms with Gasteiger partial charge in [0.2, 0.25) is 9.84 Å². The fraction of sp³-hybridized carbons (Fsp3) is 0.294. The van der Waals surface area contributed by atoms with Crippen molar-refractivity contribution in [2.24, 2.45) is 0 Å². The van der Waals surface area contributed by atoms with Crippen molar-refractivity contribution < 1.29 is 18.1 Å². The second-order valence-corrected chi connectivity index (χ2v) is 8.37. The largest absolute Gasteiger partial charge is 0.370 e. The number of likely N-dealkylation sites (N-methyl/N-ethyl adjacent to an activating group) is 1. The minimum absolute atomic E-state index is 0.0573. The van der Waals surface area contributed by atoms with E-state index in [1.54, 1.807) is 18.5 Å². The van der Waals surface area contributed by atoms with Gasteiger partial charge < -0.3 is 10.6 Å². The first-order chi connectivity index (χ1) is 12.8. The van der Waals surface area contributed by atoms with Crippen LogP contribution in [0, 0.1) is 12.7 Å². The number of anilines is 1. The number of rotatable bonds is 6. The van der Waals surface area contributed by atoms with E-state index in [1.807, 2.05) is 18.4 Å². The van der Waals surface area contributed by atoms with Crippen LogP contribution in [0.5, 0.6) is 0 Å². The lowest BCUT2D eigenvalue weighted by Gasteiger charge is -2.07. The predicted molar refractivity (Wildman–Crippen MR) is 101 cm³/mol. The van der Waals surface area contributed by atoms with Gasteiger partial charge in [0.1, 0.15) is 5.82 Å². The minimum Gasteiger partial charge on any atom is -0.370 e. The molecule has 0 spiro atoms. The fourth-order valence-corrected chi connectivity index (χ4v) is 4.61. The van der Waals surface area contributed by atoms with Crippen LogP contribution in [0.3, 0.4) is 0 Å². The van der Waals surface area contributed by atoms with E-state index < -0.39 is 15.7 Å². The van der Waals surface area contributed by atoms with Crippen molar-refractivity contribution in [1.29, 1.82) is 0 Å². The number of sulfone groups is 1. The fourth-order valence-electron chi connectivity index (χ4n) is 2.84. The lowest BCUT2D eigenvalue weighted by molar-refractivity contribution is -0.626. The number of aryl methyl sites for hydroxylation is 1. The maximum atomic E-state index is 13.5. The van der Waals surface area contributed by atoms with Gasteiger partial charge in [-0.1, -0.05) is 11.6 Å². The van der Waals surface area contributed by atoms with E-state index in [0.717, 1.165) is 24.4 Å². The van der Waals surface area contributed by atoms with Gasteiger partial charge in [-0.15, -0.1) is 5.10 Å². The molecule has 144 valence electrons. The van der Waals surface area contributed by atoms with E-state index in [0.29, 0.717) is 12.1 Å². The normalized spacial score (nSPS) is 11.9. The summed E-state index contributed by atoms with van der Waals surface area (Å²) in [4.78, 5) is 4.23. The molecule has 0 aliphatic heterocycles. The van der Waals surface area contributed by atoms with E-state index in [-0.39, 0.29) is 26.3 Å². The molecule has 10 heteroatoms. The number of nitrogens with zero attached hydrogens (tertiary/aromatic N) is 3. The van der Waals surface area contributed by atoms with Crippen molar-refractivity contribution in [3.8, 4) is 0 Å². The number of benzene rings is 1. The topological polar surface area (TPSA) is 93.0 Å². The molecule has 0 saturated carbocycles. The Balaban J connectivity index is 2.29. The smallest absolute Gasteiger partial charge is 0.214 e. The molecule has 1 aromatic carbocycles. The minimum atomic E-state index is -4.03. The molecule has 2 aromatic heterocycles. The highest BCUT2D eigenvalue weighted by Crippen LogP contribution is 2.32. The number of hydrogen-bond donors (Lipinski definition) is 2. The first-order valence-corrected chi connectivity index (χ1v) is 10.2. The van der Waals surface area contributed by atoms with Gasteiger partial charge >= 0.3 is 0 Å². The summed E-state index contributed by atoms with van der Waals surface area (Å²) in [5.74, 6) is -0.508. The first-order valence-electron chi connectivity index (χ1n) is 8.34. The summed E-state index contributed by atoms with van der Waals surface area (Å²) in [6, 6.07) is 5.19. The van der Waals surface area contributed by atoms with Crippen LogP contribution in [0.4, 0.5) is 10.2 Å². The summed E-state index contributed by atoms with van der Waals surface area (Å²) in [5.41, 5.74) is 1.77. The number of aromatic nitrogens is 3. The second kappa shape index (κ2) is 7.41. The Bertz CT molecular complexity index is 1110. The lowest BCUT2D eigenvalue weighted by Crippen LogP contribution is -2.80. The summed E-state index contributed by atoms with van der Waals surface area (Å²) < 4.78 is 41.6. The number of hydrogen-bond acceptors (Lipinski definition) is 5. The predicted octanol–water partition coefficient (Wildman–Crippen LogP) is 1.44. The first kappa shape index (κ1) is 19.5. The zero-order valence-electron chi connectivity index (χ0n) is 15.1. The average molecular weight is 413 g/mol. The van der Waals surface area contributed by atoms with E-state index >= 15 is 0 Å². The molecule has 0 bridgehead atoms. The molecule has 7 nitrogen and oxygen atoms in total. The van der Waals surface area contributed by atoms with Crippen molar-refractivity contribution in [3.63, 3.8) is 0 Å². The molecule has 0 saturated heterocycles. The standard InChI is InChI=1S/C17H19ClFN5O2S/c1-10-8-11(6-7-20-2)24-17(22-10)15(16(21-3)23-24)27(25,26)12-4-5-14(19)13(18)9-12/h4-5,8-9,20H,6-7H2,1-3H3,(H,21,23)/p+1. The Morgan fingerprint density at radius 2 is 2.07 bits per heavy atom. The van der Waals surface area contributed by atoms with Gasteiger partial charge in [0.15, 0.2) is 16.4 Å². The van der Waals surface area contributed by atoms with Gasteiger partial charge in [0.05, 0.1) is 29.2 Å². The molecule has 0 aliphatic rings. The molecule has 0 radical (unpaired) electrons. The quantitative estimate of drug-likeness (QED) is 0.597. The number of halogens is 2. The third-order valence-electron chi connectivity index (χ3n) is 4.14. The third kappa shape index (κ3) is 3.50. The molecule has 2 heterocycles. The van der Waals surface area contributed by atoms with Crippen molar-refractivity contribution >= 4 is 32.9 Å². The molecule has 0 amide bonds. The van der Waals surface area contributed by atoms with Crippen LogP contribution in [0.15, 0.2) is 34.1 Å². The van der Waals surface area contributed by atoms with E-state index in [9.17, 15) is 12.8 Å². The molecule has 27 heavy (non-hydrogen) atoms. The maximum Gasteiger partial charge on any atom is 0.214 e. The molecular weight excluding hydrogens is 393 g/mol. The van der Waals surface area contributed by atoms with Crippen molar-refractivity contribution in [1.82, 2.24) is 14.6 Å². The number of fused-ring (bicyclic) bond motifs is 1. The summed E-state index contributed by atoms with van der Waals surface area (Å²) in [6.07, 6.45) is 0.697. The average Bonchev–Trinajstić information content (AvgIpc) is 3.01. The van der Waals surface area contributed by atoms with Crippen LogP contribution >= 0.6 is 11.6 Å². The Morgan fingerprint density at radius 3 is 2.70 bits per heavy atom. The molecule has 0 aliphatic carbocycles. The summed E-state index contributed by atoms with van der Waals surface area (Å²) in [6.45, 7) is 2.62. The lowest BCUT2D eigenvalue weighted by atomic mass is 10.2. The van der Waals surface area contributed by atoms with Gasteiger partial charge in [-0.05, 0) is 31.2 Å². The van der Waals surface area contributed by atoms with Crippen LogP contribution < -0.4 is 10.6 Å². The van der Waals surface area contributed by atoms with E-state index in [4.69, 9.17) is 11.6 Å². The third-order valence-corrected chi connectivity index (χ3v) is 6.22. The Kier molecular flexibility index (Phi) is 5.36. The van der Waals surface area contributed by atoms with Gasteiger partial charge in [-0.2, -0.15) is 0 Å². The van der Waals surface area contributed by atoms with Gasteiger partial charge in [0, 0.05) is 19.2 Å². The van der Waals surface area contributed by atoms with E-state index in [2.05, 4.69) is 15.4 Å². The highest BCUT2D eigenvalue weighted by molar-refractivity contribution is 7.91. The molecule has 3 N–H and O–H groups in total.